The van der Waals surface area contributed by atoms with Crippen LogP contribution in [0.5, 0.6) is 0 Å². The van der Waals surface area contributed by atoms with Crippen LogP contribution >= 0.6 is 11.3 Å². The summed E-state index contributed by atoms with van der Waals surface area (Å²) in [6, 6.07) is 93.8. The first kappa shape index (κ1) is 39.4. The van der Waals surface area contributed by atoms with Gasteiger partial charge in [-0.05, 0) is 151 Å². The molecule has 0 saturated heterocycles. The fourth-order valence-corrected chi connectivity index (χ4v) is 11.9. The molecule has 2 heterocycles. The molecule has 2 aromatic heterocycles. The van der Waals surface area contributed by atoms with Gasteiger partial charge in [-0.15, -0.1) is 11.3 Å². The van der Waals surface area contributed by atoms with Gasteiger partial charge >= 0.3 is 0 Å². The first-order valence-electron chi connectivity index (χ1n) is 23.6. The number of hydrogen-bond donors (Lipinski definition) is 0. The van der Waals surface area contributed by atoms with E-state index >= 15 is 0 Å². The fourth-order valence-electron chi connectivity index (χ4n) is 10.9. The van der Waals surface area contributed by atoms with Gasteiger partial charge < -0.3 is 9.47 Å². The smallest absolute Gasteiger partial charge is 0.0541 e. The van der Waals surface area contributed by atoms with Crippen molar-refractivity contribution in [2.24, 2.45) is 0 Å². The molecule has 14 aromatic rings. The highest BCUT2D eigenvalue weighted by Gasteiger charge is 2.19. The van der Waals surface area contributed by atoms with Crippen LogP contribution in [0.25, 0.3) is 113 Å². The van der Waals surface area contributed by atoms with Gasteiger partial charge in [0.25, 0.3) is 0 Å². The minimum atomic E-state index is 1.10. The van der Waals surface area contributed by atoms with Crippen molar-refractivity contribution in [1.82, 2.24) is 4.57 Å². The molecule has 0 fully saturated rings. The second-order valence-corrected chi connectivity index (χ2v) is 19.1. The van der Waals surface area contributed by atoms with Crippen molar-refractivity contribution >= 4 is 103 Å². The number of hydrogen-bond acceptors (Lipinski definition) is 2. The lowest BCUT2D eigenvalue weighted by Gasteiger charge is -2.26. The molecule has 0 aliphatic carbocycles. The Bertz CT molecular complexity index is 4240. The van der Waals surface area contributed by atoms with Crippen LogP contribution < -0.4 is 4.90 Å². The highest BCUT2D eigenvalue weighted by molar-refractivity contribution is 7.25. The van der Waals surface area contributed by atoms with Gasteiger partial charge in [-0.2, -0.15) is 0 Å². The molecule has 12 aromatic carbocycles. The summed E-state index contributed by atoms with van der Waals surface area (Å²) in [5, 5.41) is 12.6. The van der Waals surface area contributed by atoms with Crippen LogP contribution in [0.4, 0.5) is 17.1 Å². The van der Waals surface area contributed by atoms with Crippen molar-refractivity contribution < 1.29 is 0 Å². The van der Waals surface area contributed by atoms with Gasteiger partial charge in [0.15, 0.2) is 0 Å². The lowest BCUT2D eigenvalue weighted by atomic mass is 9.94. The van der Waals surface area contributed by atoms with E-state index in [0.29, 0.717) is 0 Å². The van der Waals surface area contributed by atoms with Crippen molar-refractivity contribution in [3.8, 4) is 39.1 Å². The van der Waals surface area contributed by atoms with Crippen LogP contribution in [-0.2, 0) is 0 Å². The Morgan fingerprint density at radius 1 is 0.246 bits per heavy atom. The van der Waals surface area contributed by atoms with E-state index in [2.05, 4.69) is 264 Å². The summed E-state index contributed by atoms with van der Waals surface area (Å²) < 4.78 is 5.01. The van der Waals surface area contributed by atoms with Gasteiger partial charge in [-0.25, -0.2) is 0 Å². The molecule has 322 valence electrons. The Morgan fingerprint density at radius 3 is 1.26 bits per heavy atom. The standard InChI is InChI=1S/C66H42N2S/c1-3-13-43(14-4-1)44-23-25-45(26-24-44)47-29-36-63-60(39-47)61-40-48(30-37-64(61)68(63)49-15-5-2-6-16-49)46-27-31-50(32-28-46)67(52-34-38-66-62(42-52)58-21-11-12-22-65(58)69-66)51-33-35-57-55-19-8-7-17-53(55)54-18-9-10-20-56(54)59(57)41-51/h1-42H. The van der Waals surface area contributed by atoms with E-state index in [4.69, 9.17) is 0 Å². The first-order chi connectivity index (χ1) is 34.2. The Labute approximate surface area is 403 Å². The zero-order chi connectivity index (χ0) is 45.4. The molecule has 0 aliphatic heterocycles. The van der Waals surface area contributed by atoms with E-state index in [-0.39, 0.29) is 0 Å². The lowest BCUT2D eigenvalue weighted by Crippen LogP contribution is -2.09. The van der Waals surface area contributed by atoms with Crippen LogP contribution in [0, 0.1) is 0 Å². The Morgan fingerprint density at radius 2 is 0.652 bits per heavy atom. The number of benzene rings is 12. The van der Waals surface area contributed by atoms with Gasteiger partial charge in [0.05, 0.1) is 11.0 Å². The predicted octanol–water partition coefficient (Wildman–Crippen LogP) is 19.1. The highest BCUT2D eigenvalue weighted by atomic mass is 32.1. The quantitative estimate of drug-likeness (QED) is 0.145. The number of rotatable bonds is 7. The Kier molecular flexibility index (Phi) is 9.11. The molecule has 0 radical (unpaired) electrons. The lowest BCUT2D eigenvalue weighted by molar-refractivity contribution is 1.18. The largest absolute Gasteiger partial charge is 0.310 e. The molecule has 0 unspecified atom stereocenters. The van der Waals surface area contributed by atoms with E-state index in [1.165, 1.54) is 108 Å². The average Bonchev–Trinajstić information content (AvgIpc) is 3.96. The predicted molar refractivity (Wildman–Crippen MR) is 297 cm³/mol. The summed E-state index contributed by atoms with van der Waals surface area (Å²) in [4.78, 5) is 2.43. The van der Waals surface area contributed by atoms with E-state index in [1.807, 2.05) is 11.3 Å². The van der Waals surface area contributed by atoms with Gasteiger partial charge in [0.2, 0.25) is 0 Å². The maximum Gasteiger partial charge on any atom is 0.0541 e. The van der Waals surface area contributed by atoms with Crippen LogP contribution in [-0.4, -0.2) is 4.57 Å². The fraction of sp³-hybridized carbons (Fsp3) is 0. The van der Waals surface area contributed by atoms with E-state index in [1.54, 1.807) is 0 Å². The number of nitrogens with zero attached hydrogens (tertiary/aromatic N) is 2. The molecule has 14 rings (SSSR count). The second-order valence-electron chi connectivity index (χ2n) is 18.1. The number of thiophene rings is 1. The normalized spacial score (nSPS) is 11.8. The number of anilines is 3. The van der Waals surface area contributed by atoms with Crippen LogP contribution in [0.3, 0.4) is 0 Å². The number of aromatic nitrogens is 1. The summed E-state index contributed by atoms with van der Waals surface area (Å²) in [6.07, 6.45) is 0. The second kappa shape index (κ2) is 16.0. The molecule has 2 nitrogen and oxygen atoms in total. The minimum Gasteiger partial charge on any atom is -0.310 e. The summed E-state index contributed by atoms with van der Waals surface area (Å²) >= 11 is 1.86. The molecule has 0 N–H and O–H groups in total. The molecule has 0 aliphatic rings. The number of fused-ring (bicyclic) bond motifs is 12. The van der Waals surface area contributed by atoms with Gasteiger partial charge in [-0.3, -0.25) is 0 Å². The molecule has 0 saturated carbocycles. The van der Waals surface area contributed by atoms with Crippen molar-refractivity contribution in [3.63, 3.8) is 0 Å². The monoisotopic (exact) mass is 894 g/mol. The van der Waals surface area contributed by atoms with Gasteiger partial charge in [0.1, 0.15) is 0 Å². The van der Waals surface area contributed by atoms with E-state index in [0.717, 1.165) is 22.7 Å². The van der Waals surface area contributed by atoms with Crippen molar-refractivity contribution in [1.29, 1.82) is 0 Å². The zero-order valence-electron chi connectivity index (χ0n) is 37.6. The maximum absolute atomic E-state index is 2.43. The topological polar surface area (TPSA) is 8.17 Å². The third kappa shape index (κ3) is 6.54. The third-order valence-corrected chi connectivity index (χ3v) is 15.3. The van der Waals surface area contributed by atoms with Crippen LogP contribution in [0.15, 0.2) is 255 Å². The minimum absolute atomic E-state index is 1.10. The van der Waals surface area contributed by atoms with Gasteiger partial charge in [-0.1, -0.05) is 170 Å². The summed E-state index contributed by atoms with van der Waals surface area (Å²) in [7, 11) is 0. The van der Waals surface area contributed by atoms with E-state index < -0.39 is 0 Å². The van der Waals surface area contributed by atoms with Crippen LogP contribution in [0.2, 0.25) is 0 Å². The highest BCUT2D eigenvalue weighted by Crippen LogP contribution is 2.44. The molecule has 0 bridgehead atoms. The molecule has 0 spiro atoms. The molecular weight excluding hydrogens is 853 g/mol. The first-order valence-corrected chi connectivity index (χ1v) is 24.5. The average molecular weight is 895 g/mol. The van der Waals surface area contributed by atoms with Gasteiger partial charge in [0, 0.05) is 53.7 Å². The summed E-state index contributed by atoms with van der Waals surface area (Å²) in [5.74, 6) is 0. The summed E-state index contributed by atoms with van der Waals surface area (Å²) in [6.45, 7) is 0. The Balaban J connectivity index is 0.906. The van der Waals surface area contributed by atoms with E-state index in [9.17, 15) is 0 Å². The van der Waals surface area contributed by atoms with Crippen LogP contribution in [0.1, 0.15) is 0 Å². The summed E-state index contributed by atoms with van der Waals surface area (Å²) in [5.41, 5.74) is 14.1. The van der Waals surface area contributed by atoms with Crippen molar-refractivity contribution in [2.75, 3.05) is 4.90 Å². The molecule has 3 heteroatoms. The zero-order valence-corrected chi connectivity index (χ0v) is 38.4. The third-order valence-electron chi connectivity index (χ3n) is 14.2. The molecular formula is C66H42N2S. The SMILES string of the molecule is c1ccc(-c2ccc(-c3ccc4c(c3)c3cc(-c5ccc(N(c6ccc7sc8ccccc8c7c6)c6ccc7c8ccccc8c8ccccc8c7c6)cc5)ccc3n4-c3ccccc3)cc2)cc1. The van der Waals surface area contributed by atoms with Crippen molar-refractivity contribution in [3.05, 3.63) is 255 Å². The maximum atomic E-state index is 2.43. The number of para-hydroxylation sites is 1. The molecule has 0 amide bonds. The van der Waals surface area contributed by atoms with Crippen molar-refractivity contribution in [2.45, 2.75) is 0 Å². The molecule has 69 heavy (non-hydrogen) atoms. The Hall–Kier alpha value is -8.76. The molecule has 0 atom stereocenters.